The molecule has 0 unspecified atom stereocenters. The molecule has 5 heteroatoms. The Hall–Kier alpha value is -2.82. The second-order valence-corrected chi connectivity index (χ2v) is 5.04. The number of hydrogen-bond acceptors (Lipinski definition) is 5. The molecule has 0 amide bonds. The zero-order chi connectivity index (χ0) is 15.2. The third-order valence-corrected chi connectivity index (χ3v) is 3.33. The SMILES string of the molecule is CN(Cc1ccccc1)c1cc(NCc2ccco2)ncn1. The molecule has 3 aromatic rings. The van der Waals surface area contributed by atoms with E-state index >= 15 is 0 Å². The molecule has 0 radical (unpaired) electrons. The molecule has 0 aliphatic carbocycles. The van der Waals surface area contributed by atoms with Gasteiger partial charge in [-0.15, -0.1) is 0 Å². The zero-order valence-electron chi connectivity index (χ0n) is 12.4. The van der Waals surface area contributed by atoms with Crippen LogP contribution in [-0.4, -0.2) is 17.0 Å². The fraction of sp³-hybridized carbons (Fsp3) is 0.176. The van der Waals surface area contributed by atoms with E-state index in [0.29, 0.717) is 6.54 Å². The Morgan fingerprint density at radius 2 is 1.95 bits per heavy atom. The van der Waals surface area contributed by atoms with Crippen LogP contribution in [0.1, 0.15) is 11.3 Å². The van der Waals surface area contributed by atoms with Gasteiger partial charge in [0.2, 0.25) is 0 Å². The first-order chi connectivity index (χ1) is 10.8. The van der Waals surface area contributed by atoms with Gasteiger partial charge in [0.1, 0.15) is 23.7 Å². The summed E-state index contributed by atoms with van der Waals surface area (Å²) in [5.41, 5.74) is 1.24. The number of furan rings is 1. The third kappa shape index (κ3) is 3.63. The van der Waals surface area contributed by atoms with Crippen LogP contribution in [0.15, 0.2) is 65.5 Å². The first kappa shape index (κ1) is 14.1. The van der Waals surface area contributed by atoms with E-state index in [1.807, 2.05) is 43.4 Å². The Kier molecular flexibility index (Phi) is 4.34. The molecule has 0 aliphatic rings. The average molecular weight is 294 g/mol. The summed E-state index contributed by atoms with van der Waals surface area (Å²) in [7, 11) is 2.02. The summed E-state index contributed by atoms with van der Waals surface area (Å²) >= 11 is 0. The van der Waals surface area contributed by atoms with Gasteiger partial charge < -0.3 is 14.6 Å². The average Bonchev–Trinajstić information content (AvgIpc) is 3.08. The second kappa shape index (κ2) is 6.76. The fourth-order valence-electron chi connectivity index (χ4n) is 2.18. The van der Waals surface area contributed by atoms with Crippen molar-refractivity contribution in [2.45, 2.75) is 13.1 Å². The number of hydrogen-bond donors (Lipinski definition) is 1. The molecule has 1 aromatic carbocycles. The van der Waals surface area contributed by atoms with Crippen molar-refractivity contribution in [3.8, 4) is 0 Å². The Bertz CT molecular complexity index is 698. The maximum Gasteiger partial charge on any atom is 0.134 e. The van der Waals surface area contributed by atoms with Crippen molar-refractivity contribution in [1.29, 1.82) is 0 Å². The topological polar surface area (TPSA) is 54.2 Å². The van der Waals surface area contributed by atoms with Gasteiger partial charge in [-0.25, -0.2) is 9.97 Å². The van der Waals surface area contributed by atoms with Crippen LogP contribution >= 0.6 is 0 Å². The van der Waals surface area contributed by atoms with E-state index in [0.717, 1.165) is 23.9 Å². The minimum absolute atomic E-state index is 0.603. The predicted molar refractivity (Wildman–Crippen MR) is 86.6 cm³/mol. The lowest BCUT2D eigenvalue weighted by Gasteiger charge is -2.18. The highest BCUT2D eigenvalue weighted by molar-refractivity contribution is 5.48. The van der Waals surface area contributed by atoms with E-state index < -0.39 is 0 Å². The first-order valence-corrected chi connectivity index (χ1v) is 7.14. The Morgan fingerprint density at radius 1 is 1.09 bits per heavy atom. The number of benzene rings is 1. The van der Waals surface area contributed by atoms with E-state index in [2.05, 4.69) is 32.3 Å². The second-order valence-electron chi connectivity index (χ2n) is 5.04. The normalized spacial score (nSPS) is 10.4. The van der Waals surface area contributed by atoms with Crippen LogP contribution in [0.5, 0.6) is 0 Å². The van der Waals surface area contributed by atoms with Crippen LogP contribution in [0.3, 0.4) is 0 Å². The monoisotopic (exact) mass is 294 g/mol. The molecule has 1 N–H and O–H groups in total. The van der Waals surface area contributed by atoms with Gasteiger partial charge in [0.15, 0.2) is 0 Å². The summed E-state index contributed by atoms with van der Waals surface area (Å²) in [5, 5.41) is 3.23. The summed E-state index contributed by atoms with van der Waals surface area (Å²) in [6.07, 6.45) is 3.23. The van der Waals surface area contributed by atoms with E-state index in [1.54, 1.807) is 12.6 Å². The minimum Gasteiger partial charge on any atom is -0.467 e. The molecule has 2 heterocycles. The Morgan fingerprint density at radius 3 is 2.73 bits per heavy atom. The molecular weight excluding hydrogens is 276 g/mol. The minimum atomic E-state index is 0.603. The van der Waals surface area contributed by atoms with Crippen LogP contribution in [0.25, 0.3) is 0 Å². The number of nitrogens with one attached hydrogen (secondary N) is 1. The summed E-state index contributed by atoms with van der Waals surface area (Å²) in [5.74, 6) is 2.53. The Balaban J connectivity index is 1.65. The molecule has 0 fully saturated rings. The summed E-state index contributed by atoms with van der Waals surface area (Å²) < 4.78 is 5.30. The smallest absolute Gasteiger partial charge is 0.134 e. The molecule has 0 saturated heterocycles. The van der Waals surface area contributed by atoms with E-state index in [9.17, 15) is 0 Å². The van der Waals surface area contributed by atoms with E-state index in [4.69, 9.17) is 4.42 Å². The summed E-state index contributed by atoms with van der Waals surface area (Å²) in [6.45, 7) is 1.40. The van der Waals surface area contributed by atoms with Crippen LogP contribution in [0, 0.1) is 0 Å². The van der Waals surface area contributed by atoms with Crippen LogP contribution in [0.4, 0.5) is 11.6 Å². The van der Waals surface area contributed by atoms with Crippen molar-refractivity contribution in [2.75, 3.05) is 17.3 Å². The molecule has 22 heavy (non-hydrogen) atoms. The fourth-order valence-corrected chi connectivity index (χ4v) is 2.18. The highest BCUT2D eigenvalue weighted by Crippen LogP contribution is 2.16. The quantitative estimate of drug-likeness (QED) is 0.756. The molecule has 112 valence electrons. The third-order valence-electron chi connectivity index (χ3n) is 3.33. The van der Waals surface area contributed by atoms with Crippen molar-refractivity contribution >= 4 is 11.6 Å². The van der Waals surface area contributed by atoms with E-state index in [1.165, 1.54) is 5.56 Å². The summed E-state index contributed by atoms with van der Waals surface area (Å²) in [4.78, 5) is 10.7. The van der Waals surface area contributed by atoms with Gasteiger partial charge in [0.05, 0.1) is 12.8 Å². The number of aromatic nitrogens is 2. The molecule has 2 aromatic heterocycles. The molecular formula is C17H18N4O. The van der Waals surface area contributed by atoms with Crippen LogP contribution < -0.4 is 10.2 Å². The lowest BCUT2D eigenvalue weighted by molar-refractivity contribution is 0.518. The van der Waals surface area contributed by atoms with Crippen molar-refractivity contribution < 1.29 is 4.42 Å². The van der Waals surface area contributed by atoms with Gasteiger partial charge in [-0.05, 0) is 17.7 Å². The van der Waals surface area contributed by atoms with Gasteiger partial charge in [-0.1, -0.05) is 30.3 Å². The van der Waals surface area contributed by atoms with E-state index in [-0.39, 0.29) is 0 Å². The number of anilines is 2. The molecule has 0 spiro atoms. The molecule has 0 atom stereocenters. The van der Waals surface area contributed by atoms with Crippen molar-refractivity contribution in [2.24, 2.45) is 0 Å². The lowest BCUT2D eigenvalue weighted by Crippen LogP contribution is -2.18. The summed E-state index contributed by atoms with van der Waals surface area (Å²) in [6, 6.07) is 16.0. The van der Waals surface area contributed by atoms with Crippen LogP contribution in [0.2, 0.25) is 0 Å². The lowest BCUT2D eigenvalue weighted by atomic mass is 10.2. The standard InChI is InChI=1S/C17H18N4O/c1-21(12-14-6-3-2-4-7-14)17-10-16(19-13-20-17)18-11-15-8-5-9-22-15/h2-10,13H,11-12H2,1H3,(H,18,19,20). The van der Waals surface area contributed by atoms with Gasteiger partial charge in [-0.2, -0.15) is 0 Å². The number of nitrogens with zero attached hydrogens (tertiary/aromatic N) is 3. The first-order valence-electron chi connectivity index (χ1n) is 7.14. The van der Waals surface area contributed by atoms with Crippen molar-refractivity contribution in [3.63, 3.8) is 0 Å². The maximum absolute atomic E-state index is 5.30. The van der Waals surface area contributed by atoms with Crippen molar-refractivity contribution in [3.05, 3.63) is 72.4 Å². The van der Waals surface area contributed by atoms with Gasteiger partial charge in [0, 0.05) is 19.7 Å². The maximum atomic E-state index is 5.30. The predicted octanol–water partition coefficient (Wildman–Crippen LogP) is 3.32. The Labute approximate surface area is 129 Å². The highest BCUT2D eigenvalue weighted by atomic mass is 16.3. The molecule has 0 bridgehead atoms. The van der Waals surface area contributed by atoms with Gasteiger partial charge in [-0.3, -0.25) is 0 Å². The van der Waals surface area contributed by atoms with Gasteiger partial charge in [0.25, 0.3) is 0 Å². The van der Waals surface area contributed by atoms with Crippen molar-refractivity contribution in [1.82, 2.24) is 9.97 Å². The molecule has 0 saturated carbocycles. The largest absolute Gasteiger partial charge is 0.467 e. The number of rotatable bonds is 6. The highest BCUT2D eigenvalue weighted by Gasteiger charge is 2.05. The molecule has 5 nitrogen and oxygen atoms in total. The van der Waals surface area contributed by atoms with Gasteiger partial charge >= 0.3 is 0 Å². The van der Waals surface area contributed by atoms with Crippen LogP contribution in [-0.2, 0) is 13.1 Å². The molecule has 3 rings (SSSR count). The molecule has 0 aliphatic heterocycles. The zero-order valence-corrected chi connectivity index (χ0v) is 12.4.